The molecule has 0 fully saturated rings. The Morgan fingerprint density at radius 2 is 2.04 bits per heavy atom. The van der Waals surface area contributed by atoms with E-state index in [1.54, 1.807) is 18.1 Å². The Bertz CT molecular complexity index is 631. The molecule has 0 saturated heterocycles. The normalized spacial score (nSPS) is 12.0. The minimum Gasteiger partial charge on any atom is -0.388 e. The first-order chi connectivity index (χ1) is 11.1. The number of aliphatic hydroxyl groups is 1. The second kappa shape index (κ2) is 8.39. The Labute approximate surface area is 137 Å². The quantitative estimate of drug-likeness (QED) is 0.853. The summed E-state index contributed by atoms with van der Waals surface area (Å²) in [4.78, 5) is 22.3. The highest BCUT2D eigenvalue weighted by Gasteiger charge is 2.18. The van der Waals surface area contributed by atoms with Crippen LogP contribution in [0.15, 0.2) is 42.9 Å². The van der Waals surface area contributed by atoms with E-state index in [1.807, 2.05) is 30.3 Å². The molecule has 0 aliphatic rings. The predicted molar refractivity (Wildman–Crippen MR) is 89.0 cm³/mol. The monoisotopic (exact) mass is 313 g/mol. The number of benzene rings is 1. The molecule has 0 aliphatic carbocycles. The third-order valence-corrected chi connectivity index (χ3v) is 3.78. The molecule has 1 heterocycles. The zero-order valence-electron chi connectivity index (χ0n) is 13.6. The van der Waals surface area contributed by atoms with Crippen molar-refractivity contribution in [3.63, 3.8) is 0 Å². The molecule has 5 nitrogen and oxygen atoms in total. The second-order valence-corrected chi connectivity index (χ2v) is 5.57. The molecular formula is C18H23N3O2. The zero-order valence-corrected chi connectivity index (χ0v) is 13.6. The first kappa shape index (κ1) is 17.1. The number of aryl methyl sites for hydroxylation is 1. The van der Waals surface area contributed by atoms with Crippen molar-refractivity contribution >= 4 is 5.91 Å². The van der Waals surface area contributed by atoms with Crippen molar-refractivity contribution in [1.29, 1.82) is 0 Å². The molecule has 1 N–H and O–H groups in total. The summed E-state index contributed by atoms with van der Waals surface area (Å²) in [5.74, 6) is -0.102. The zero-order chi connectivity index (χ0) is 16.7. The lowest BCUT2D eigenvalue weighted by Gasteiger charge is -2.20. The maximum absolute atomic E-state index is 12.6. The number of aromatic nitrogens is 2. The van der Waals surface area contributed by atoms with Crippen LogP contribution >= 0.6 is 0 Å². The first-order valence-electron chi connectivity index (χ1n) is 7.90. The molecule has 0 radical (unpaired) electrons. The summed E-state index contributed by atoms with van der Waals surface area (Å²) in [5, 5.41) is 10.2. The van der Waals surface area contributed by atoms with E-state index in [0.717, 1.165) is 24.1 Å². The van der Waals surface area contributed by atoms with Crippen molar-refractivity contribution in [2.24, 2.45) is 0 Å². The highest BCUT2D eigenvalue weighted by molar-refractivity contribution is 5.94. The lowest BCUT2D eigenvalue weighted by molar-refractivity contribution is 0.0759. The lowest BCUT2D eigenvalue weighted by Crippen LogP contribution is -2.30. The average Bonchev–Trinajstić information content (AvgIpc) is 2.60. The largest absolute Gasteiger partial charge is 0.388 e. The van der Waals surface area contributed by atoms with E-state index in [0.29, 0.717) is 18.5 Å². The van der Waals surface area contributed by atoms with Gasteiger partial charge in [0.05, 0.1) is 17.4 Å². The van der Waals surface area contributed by atoms with Gasteiger partial charge in [-0.25, -0.2) is 9.97 Å². The van der Waals surface area contributed by atoms with E-state index in [1.165, 1.54) is 6.33 Å². The number of aliphatic hydroxyl groups excluding tert-OH is 1. The van der Waals surface area contributed by atoms with Crippen molar-refractivity contribution in [3.8, 4) is 0 Å². The highest BCUT2D eigenvalue weighted by Crippen LogP contribution is 2.17. The summed E-state index contributed by atoms with van der Waals surface area (Å²) in [5.41, 5.74) is 2.19. The van der Waals surface area contributed by atoms with Crippen molar-refractivity contribution in [1.82, 2.24) is 14.9 Å². The van der Waals surface area contributed by atoms with Crippen LogP contribution in [-0.2, 0) is 6.42 Å². The maximum Gasteiger partial charge on any atom is 0.257 e. The third-order valence-electron chi connectivity index (χ3n) is 3.78. The van der Waals surface area contributed by atoms with Gasteiger partial charge in [0.15, 0.2) is 0 Å². The van der Waals surface area contributed by atoms with Gasteiger partial charge in [-0.05, 0) is 18.4 Å². The number of amides is 1. The molecule has 1 aromatic carbocycles. The molecule has 1 aromatic heterocycles. The fraction of sp³-hybridized carbons (Fsp3) is 0.389. The van der Waals surface area contributed by atoms with Crippen molar-refractivity contribution in [2.75, 3.05) is 13.6 Å². The molecule has 0 aliphatic heterocycles. The Hall–Kier alpha value is -2.27. The van der Waals surface area contributed by atoms with Gasteiger partial charge >= 0.3 is 0 Å². The number of rotatable bonds is 7. The lowest BCUT2D eigenvalue weighted by atomic mass is 10.1. The van der Waals surface area contributed by atoms with Crippen LogP contribution in [0.2, 0.25) is 0 Å². The molecule has 0 unspecified atom stereocenters. The molecule has 2 rings (SSSR count). The van der Waals surface area contributed by atoms with Crippen molar-refractivity contribution < 1.29 is 9.90 Å². The number of nitrogens with zero attached hydrogens (tertiary/aromatic N) is 3. The fourth-order valence-electron chi connectivity index (χ4n) is 2.43. The Balaban J connectivity index is 1.98. The Morgan fingerprint density at radius 1 is 1.30 bits per heavy atom. The minimum absolute atomic E-state index is 0.102. The summed E-state index contributed by atoms with van der Waals surface area (Å²) in [6, 6.07) is 9.47. The van der Waals surface area contributed by atoms with Gasteiger partial charge in [0.25, 0.3) is 5.91 Å². The van der Waals surface area contributed by atoms with Crippen molar-refractivity contribution in [3.05, 3.63) is 59.7 Å². The van der Waals surface area contributed by atoms with E-state index in [-0.39, 0.29) is 5.91 Å². The molecule has 1 atom stereocenters. The molecule has 2 aromatic rings. The summed E-state index contributed by atoms with van der Waals surface area (Å²) >= 11 is 0. The van der Waals surface area contributed by atoms with Gasteiger partial charge in [-0.3, -0.25) is 4.79 Å². The predicted octanol–water partition coefficient (Wildman–Crippen LogP) is 2.62. The number of carbonyl (C=O) groups excluding carboxylic acids is 1. The molecule has 0 spiro atoms. The molecule has 122 valence electrons. The van der Waals surface area contributed by atoms with Crippen LogP contribution in [0.25, 0.3) is 0 Å². The molecular weight excluding hydrogens is 290 g/mol. The average molecular weight is 313 g/mol. The highest BCUT2D eigenvalue weighted by atomic mass is 16.3. The van der Waals surface area contributed by atoms with Crippen LogP contribution in [0, 0.1) is 0 Å². The van der Waals surface area contributed by atoms with Gasteiger partial charge < -0.3 is 10.0 Å². The van der Waals surface area contributed by atoms with Gasteiger partial charge in [-0.2, -0.15) is 0 Å². The number of hydrogen-bond acceptors (Lipinski definition) is 4. The Morgan fingerprint density at radius 3 is 2.74 bits per heavy atom. The molecule has 23 heavy (non-hydrogen) atoms. The smallest absolute Gasteiger partial charge is 0.257 e. The van der Waals surface area contributed by atoms with Crippen LogP contribution in [-0.4, -0.2) is 39.5 Å². The van der Waals surface area contributed by atoms with E-state index in [2.05, 4.69) is 16.9 Å². The van der Waals surface area contributed by atoms with Crippen molar-refractivity contribution in [2.45, 2.75) is 32.3 Å². The van der Waals surface area contributed by atoms with Gasteiger partial charge in [-0.1, -0.05) is 43.7 Å². The van der Waals surface area contributed by atoms with E-state index < -0.39 is 6.10 Å². The minimum atomic E-state index is -0.575. The maximum atomic E-state index is 12.6. The molecule has 5 heteroatoms. The summed E-state index contributed by atoms with van der Waals surface area (Å²) in [6.07, 6.45) is 4.64. The fourth-order valence-corrected chi connectivity index (χ4v) is 2.43. The Kier molecular flexibility index (Phi) is 6.23. The second-order valence-electron chi connectivity index (χ2n) is 5.57. The van der Waals surface area contributed by atoms with Crippen LogP contribution < -0.4 is 0 Å². The van der Waals surface area contributed by atoms with E-state index in [4.69, 9.17) is 0 Å². The van der Waals surface area contributed by atoms with Gasteiger partial charge in [0.1, 0.15) is 6.33 Å². The van der Waals surface area contributed by atoms with E-state index in [9.17, 15) is 9.90 Å². The van der Waals surface area contributed by atoms with Gasteiger partial charge in [0.2, 0.25) is 0 Å². The number of hydrogen-bond donors (Lipinski definition) is 1. The van der Waals surface area contributed by atoms with Crippen LogP contribution in [0.5, 0.6) is 0 Å². The molecule has 0 saturated carbocycles. The van der Waals surface area contributed by atoms with Gasteiger partial charge in [-0.15, -0.1) is 0 Å². The first-order valence-corrected chi connectivity index (χ1v) is 7.90. The summed E-state index contributed by atoms with van der Waals surface area (Å²) in [6.45, 7) is 2.52. The van der Waals surface area contributed by atoms with E-state index >= 15 is 0 Å². The number of carbonyl (C=O) groups is 1. The van der Waals surface area contributed by atoms with Crippen LogP contribution in [0.1, 0.15) is 47.5 Å². The standard InChI is InChI=1S/C18H23N3O2/c1-3-7-16-15(12-19-13-20-16)18(23)21(2)11-10-17(22)14-8-5-4-6-9-14/h4-6,8-9,12-13,17,22H,3,7,10-11H2,1-2H3/t17-/m0/s1. The van der Waals surface area contributed by atoms with Crippen LogP contribution in [0.4, 0.5) is 0 Å². The van der Waals surface area contributed by atoms with Crippen LogP contribution in [0.3, 0.4) is 0 Å². The third kappa shape index (κ3) is 4.60. The van der Waals surface area contributed by atoms with Gasteiger partial charge in [0, 0.05) is 19.8 Å². The topological polar surface area (TPSA) is 66.3 Å². The molecule has 1 amide bonds. The summed E-state index contributed by atoms with van der Waals surface area (Å²) in [7, 11) is 1.74. The SMILES string of the molecule is CCCc1ncncc1C(=O)N(C)CC[C@H](O)c1ccccc1. The molecule has 0 bridgehead atoms. The summed E-state index contributed by atoms with van der Waals surface area (Å²) < 4.78 is 0.